The summed E-state index contributed by atoms with van der Waals surface area (Å²) in [5.74, 6) is 0.623. The van der Waals surface area contributed by atoms with Crippen molar-refractivity contribution in [2.24, 2.45) is 11.7 Å². The third-order valence-electron chi connectivity index (χ3n) is 2.63. The molecular formula is C9H17NO. The van der Waals surface area contributed by atoms with E-state index in [4.69, 9.17) is 5.73 Å². The molecule has 1 rings (SSSR count). The van der Waals surface area contributed by atoms with E-state index >= 15 is 0 Å². The molecule has 0 amide bonds. The number of hydrogen-bond acceptors (Lipinski definition) is 2. The van der Waals surface area contributed by atoms with Crippen LogP contribution >= 0.6 is 0 Å². The Morgan fingerprint density at radius 3 is 2.36 bits per heavy atom. The predicted molar refractivity (Wildman–Crippen MR) is 45.2 cm³/mol. The molecule has 0 aliphatic heterocycles. The second-order valence-electron chi connectivity index (χ2n) is 3.53. The Labute approximate surface area is 68.2 Å². The van der Waals surface area contributed by atoms with E-state index in [1.54, 1.807) is 6.92 Å². The smallest absolute Gasteiger partial charge is 0.146 e. The minimum absolute atomic E-state index is 0.150. The third-order valence-corrected chi connectivity index (χ3v) is 2.63. The summed E-state index contributed by atoms with van der Waals surface area (Å²) in [6.45, 7) is 1.60. The van der Waals surface area contributed by atoms with Gasteiger partial charge in [-0.05, 0) is 25.7 Å². The van der Waals surface area contributed by atoms with Crippen LogP contribution in [-0.2, 0) is 4.79 Å². The van der Waals surface area contributed by atoms with Gasteiger partial charge in [-0.3, -0.25) is 4.79 Å². The van der Waals surface area contributed by atoms with Crippen LogP contribution in [0.4, 0.5) is 0 Å². The van der Waals surface area contributed by atoms with E-state index in [1.165, 1.54) is 19.3 Å². The SMILES string of the molecule is CC(=O)[C@@H](N)C1CCCCC1. The van der Waals surface area contributed by atoms with Crippen LogP contribution in [0.1, 0.15) is 39.0 Å². The lowest BCUT2D eigenvalue weighted by molar-refractivity contribution is -0.119. The molecule has 2 nitrogen and oxygen atoms in total. The largest absolute Gasteiger partial charge is 0.321 e. The summed E-state index contributed by atoms with van der Waals surface area (Å²) in [6.07, 6.45) is 6.14. The second-order valence-corrected chi connectivity index (χ2v) is 3.53. The Morgan fingerprint density at radius 2 is 1.91 bits per heavy atom. The summed E-state index contributed by atoms with van der Waals surface area (Å²) in [5.41, 5.74) is 5.74. The standard InChI is InChI=1S/C9H17NO/c1-7(11)9(10)8-5-3-2-4-6-8/h8-9H,2-6,10H2,1H3/t9-/m1/s1. The summed E-state index contributed by atoms with van der Waals surface area (Å²) in [7, 11) is 0. The highest BCUT2D eigenvalue weighted by Gasteiger charge is 2.22. The lowest BCUT2D eigenvalue weighted by Gasteiger charge is -2.25. The zero-order valence-corrected chi connectivity index (χ0v) is 7.18. The number of hydrogen-bond donors (Lipinski definition) is 1. The Kier molecular flexibility index (Phi) is 3.06. The lowest BCUT2D eigenvalue weighted by Crippen LogP contribution is -2.37. The van der Waals surface area contributed by atoms with Crippen molar-refractivity contribution in [2.75, 3.05) is 0 Å². The zero-order valence-electron chi connectivity index (χ0n) is 7.18. The maximum Gasteiger partial charge on any atom is 0.146 e. The van der Waals surface area contributed by atoms with Crippen molar-refractivity contribution in [3.63, 3.8) is 0 Å². The fourth-order valence-corrected chi connectivity index (χ4v) is 1.83. The van der Waals surface area contributed by atoms with Gasteiger partial charge >= 0.3 is 0 Å². The van der Waals surface area contributed by atoms with Gasteiger partial charge in [-0.15, -0.1) is 0 Å². The second kappa shape index (κ2) is 3.86. The van der Waals surface area contributed by atoms with Crippen LogP contribution in [0.5, 0.6) is 0 Å². The average Bonchev–Trinajstić information content (AvgIpc) is 2.05. The van der Waals surface area contributed by atoms with E-state index < -0.39 is 0 Å². The first-order valence-corrected chi connectivity index (χ1v) is 4.48. The van der Waals surface area contributed by atoms with Crippen LogP contribution in [0.25, 0.3) is 0 Å². The van der Waals surface area contributed by atoms with Crippen molar-refractivity contribution in [3.8, 4) is 0 Å². The molecule has 1 aliphatic carbocycles. The van der Waals surface area contributed by atoms with E-state index in [0.29, 0.717) is 5.92 Å². The highest BCUT2D eigenvalue weighted by atomic mass is 16.1. The highest BCUT2D eigenvalue weighted by molar-refractivity contribution is 5.81. The number of carbonyl (C=O) groups excluding carboxylic acids is 1. The van der Waals surface area contributed by atoms with E-state index in [9.17, 15) is 4.79 Å². The molecule has 1 atom stereocenters. The molecule has 11 heavy (non-hydrogen) atoms. The molecule has 0 unspecified atom stereocenters. The molecule has 64 valence electrons. The molecule has 1 fully saturated rings. The van der Waals surface area contributed by atoms with Crippen LogP contribution in [-0.4, -0.2) is 11.8 Å². The Morgan fingerprint density at radius 1 is 1.36 bits per heavy atom. The van der Waals surface area contributed by atoms with Crippen LogP contribution < -0.4 is 5.73 Å². The summed E-state index contributed by atoms with van der Waals surface area (Å²) in [5, 5.41) is 0. The van der Waals surface area contributed by atoms with Crippen molar-refractivity contribution in [1.29, 1.82) is 0 Å². The average molecular weight is 155 g/mol. The lowest BCUT2D eigenvalue weighted by atomic mass is 9.83. The first-order chi connectivity index (χ1) is 5.22. The summed E-state index contributed by atoms with van der Waals surface area (Å²) < 4.78 is 0. The van der Waals surface area contributed by atoms with Gasteiger partial charge in [0.25, 0.3) is 0 Å². The van der Waals surface area contributed by atoms with Gasteiger partial charge in [0.15, 0.2) is 0 Å². The fourth-order valence-electron chi connectivity index (χ4n) is 1.83. The molecule has 0 aromatic carbocycles. The van der Waals surface area contributed by atoms with E-state index in [0.717, 1.165) is 12.8 Å². The van der Waals surface area contributed by atoms with Gasteiger partial charge in [-0.25, -0.2) is 0 Å². The Bertz CT molecular complexity index is 138. The summed E-state index contributed by atoms with van der Waals surface area (Å²) in [4.78, 5) is 10.9. The van der Waals surface area contributed by atoms with Crippen LogP contribution in [0.3, 0.4) is 0 Å². The minimum Gasteiger partial charge on any atom is -0.321 e. The monoisotopic (exact) mass is 155 g/mol. The third kappa shape index (κ3) is 2.29. The van der Waals surface area contributed by atoms with E-state index in [1.807, 2.05) is 0 Å². The molecule has 0 bridgehead atoms. The van der Waals surface area contributed by atoms with Gasteiger partial charge in [0.2, 0.25) is 0 Å². The van der Waals surface area contributed by atoms with Gasteiger partial charge in [-0.2, -0.15) is 0 Å². The molecule has 0 spiro atoms. The molecular weight excluding hydrogens is 138 g/mol. The summed E-state index contributed by atoms with van der Waals surface area (Å²) in [6, 6.07) is -0.185. The van der Waals surface area contributed by atoms with Gasteiger partial charge in [0.1, 0.15) is 5.78 Å². The molecule has 0 aromatic rings. The minimum atomic E-state index is -0.185. The molecule has 0 aromatic heterocycles. The van der Waals surface area contributed by atoms with Gasteiger partial charge in [0.05, 0.1) is 6.04 Å². The number of ketones is 1. The molecule has 0 radical (unpaired) electrons. The zero-order chi connectivity index (χ0) is 8.27. The number of nitrogens with two attached hydrogens (primary N) is 1. The molecule has 0 heterocycles. The van der Waals surface area contributed by atoms with Crippen molar-refractivity contribution >= 4 is 5.78 Å². The number of rotatable bonds is 2. The van der Waals surface area contributed by atoms with Gasteiger partial charge < -0.3 is 5.73 Å². The molecule has 1 saturated carbocycles. The van der Waals surface area contributed by atoms with Gasteiger partial charge in [0, 0.05) is 0 Å². The molecule has 2 heteroatoms. The Balaban J connectivity index is 2.38. The molecule has 2 N–H and O–H groups in total. The highest BCUT2D eigenvalue weighted by Crippen LogP contribution is 2.25. The van der Waals surface area contributed by atoms with E-state index in [2.05, 4.69) is 0 Å². The van der Waals surface area contributed by atoms with Crippen LogP contribution in [0.15, 0.2) is 0 Å². The maximum atomic E-state index is 10.9. The van der Waals surface area contributed by atoms with E-state index in [-0.39, 0.29) is 11.8 Å². The predicted octanol–water partition coefficient (Wildman–Crippen LogP) is 1.48. The Hall–Kier alpha value is -0.370. The fraction of sp³-hybridized carbons (Fsp3) is 0.889. The maximum absolute atomic E-state index is 10.9. The first kappa shape index (κ1) is 8.72. The molecule has 1 aliphatic rings. The normalized spacial score (nSPS) is 23.1. The number of carbonyl (C=O) groups is 1. The van der Waals surface area contributed by atoms with Crippen molar-refractivity contribution in [3.05, 3.63) is 0 Å². The quantitative estimate of drug-likeness (QED) is 0.656. The van der Waals surface area contributed by atoms with Crippen molar-refractivity contribution < 1.29 is 4.79 Å². The number of Topliss-reactive ketones (excluding diaryl/α,β-unsaturated/α-hetero) is 1. The van der Waals surface area contributed by atoms with Crippen LogP contribution in [0.2, 0.25) is 0 Å². The van der Waals surface area contributed by atoms with Crippen molar-refractivity contribution in [1.82, 2.24) is 0 Å². The van der Waals surface area contributed by atoms with Gasteiger partial charge in [-0.1, -0.05) is 19.3 Å². The van der Waals surface area contributed by atoms with Crippen molar-refractivity contribution in [2.45, 2.75) is 45.1 Å². The molecule has 0 saturated heterocycles. The van der Waals surface area contributed by atoms with Crippen LogP contribution in [0, 0.1) is 5.92 Å². The summed E-state index contributed by atoms with van der Waals surface area (Å²) >= 11 is 0. The first-order valence-electron chi connectivity index (χ1n) is 4.48. The topological polar surface area (TPSA) is 43.1 Å².